The molecule has 2 unspecified atom stereocenters. The van der Waals surface area contributed by atoms with Gasteiger partial charge in [0.2, 0.25) is 0 Å². The van der Waals surface area contributed by atoms with Crippen molar-refractivity contribution in [3.63, 3.8) is 0 Å². The van der Waals surface area contributed by atoms with Gasteiger partial charge in [-0.05, 0) is 30.6 Å². The molecule has 14 heavy (non-hydrogen) atoms. The Morgan fingerprint density at radius 1 is 1.50 bits per heavy atom. The molecular weight excluding hydrogens is 176 g/mol. The van der Waals surface area contributed by atoms with E-state index in [2.05, 4.69) is 27.4 Å². The Morgan fingerprint density at radius 3 is 2.50 bits per heavy atom. The number of carbonyl (C=O) groups is 1. The summed E-state index contributed by atoms with van der Waals surface area (Å²) in [4.78, 5) is 11.0. The van der Waals surface area contributed by atoms with Crippen LogP contribution in [0.5, 0.6) is 0 Å². The molecule has 1 fully saturated rings. The number of carboxylic acids is 1. The minimum Gasteiger partial charge on any atom is -0.481 e. The lowest BCUT2D eigenvalue weighted by Gasteiger charge is -2.37. The molecule has 1 saturated carbocycles. The number of aliphatic carboxylic acids is 1. The van der Waals surface area contributed by atoms with E-state index in [4.69, 9.17) is 5.11 Å². The van der Waals surface area contributed by atoms with Crippen molar-refractivity contribution in [2.45, 2.75) is 40.0 Å². The van der Waals surface area contributed by atoms with Crippen molar-refractivity contribution in [3.8, 4) is 0 Å². The summed E-state index contributed by atoms with van der Waals surface area (Å²) >= 11 is 0. The molecule has 0 aromatic rings. The molecule has 0 heterocycles. The van der Waals surface area contributed by atoms with Crippen LogP contribution in [0.4, 0.5) is 0 Å². The standard InChI is InChI=1S/C12H20O2/c1-8-5-6-9(12(2,3)4)7-10(8)11(13)14/h9-10H,1,5-7H2,2-4H3,(H,13,14). The van der Waals surface area contributed by atoms with Gasteiger partial charge < -0.3 is 5.11 Å². The van der Waals surface area contributed by atoms with E-state index in [0.717, 1.165) is 24.8 Å². The fourth-order valence-electron chi connectivity index (χ4n) is 2.16. The van der Waals surface area contributed by atoms with Crippen LogP contribution >= 0.6 is 0 Å². The minimum absolute atomic E-state index is 0.217. The topological polar surface area (TPSA) is 37.3 Å². The maximum absolute atomic E-state index is 11.0. The zero-order valence-electron chi connectivity index (χ0n) is 9.34. The molecule has 0 bridgehead atoms. The molecule has 0 amide bonds. The quantitative estimate of drug-likeness (QED) is 0.654. The van der Waals surface area contributed by atoms with Gasteiger partial charge in [0.05, 0.1) is 5.92 Å². The molecule has 2 atom stereocenters. The van der Waals surface area contributed by atoms with Crippen molar-refractivity contribution in [3.05, 3.63) is 12.2 Å². The monoisotopic (exact) mass is 196 g/mol. The van der Waals surface area contributed by atoms with Crippen LogP contribution in [0.1, 0.15) is 40.0 Å². The van der Waals surface area contributed by atoms with Crippen LogP contribution in [-0.4, -0.2) is 11.1 Å². The summed E-state index contributed by atoms with van der Waals surface area (Å²) in [5, 5.41) is 9.03. The molecule has 0 aliphatic heterocycles. The molecule has 1 N–H and O–H groups in total. The number of hydrogen-bond acceptors (Lipinski definition) is 1. The molecular formula is C12H20O2. The van der Waals surface area contributed by atoms with E-state index in [0.29, 0.717) is 5.92 Å². The molecule has 2 nitrogen and oxygen atoms in total. The van der Waals surface area contributed by atoms with Gasteiger partial charge in [-0.3, -0.25) is 4.79 Å². The van der Waals surface area contributed by atoms with Crippen LogP contribution in [0, 0.1) is 17.3 Å². The summed E-state index contributed by atoms with van der Waals surface area (Å²) in [5.41, 5.74) is 1.12. The van der Waals surface area contributed by atoms with Crippen LogP contribution in [0.15, 0.2) is 12.2 Å². The molecule has 0 aromatic heterocycles. The first-order chi connectivity index (χ1) is 6.32. The summed E-state index contributed by atoms with van der Waals surface area (Å²) in [5.74, 6) is -0.508. The summed E-state index contributed by atoms with van der Waals surface area (Å²) in [7, 11) is 0. The van der Waals surface area contributed by atoms with Gasteiger partial charge in [0.15, 0.2) is 0 Å². The van der Waals surface area contributed by atoms with Crippen LogP contribution in [0.25, 0.3) is 0 Å². The van der Waals surface area contributed by atoms with Crippen LogP contribution < -0.4 is 0 Å². The SMILES string of the molecule is C=C1CCC(C(C)(C)C)CC1C(=O)O. The summed E-state index contributed by atoms with van der Waals surface area (Å²) in [6.45, 7) is 10.4. The Hall–Kier alpha value is -0.790. The largest absolute Gasteiger partial charge is 0.481 e. The van der Waals surface area contributed by atoms with Crippen molar-refractivity contribution >= 4 is 5.97 Å². The molecule has 1 aliphatic carbocycles. The summed E-state index contributed by atoms with van der Waals surface area (Å²) < 4.78 is 0. The highest BCUT2D eigenvalue weighted by Gasteiger charge is 2.35. The van der Waals surface area contributed by atoms with Crippen LogP contribution in [-0.2, 0) is 4.79 Å². The van der Waals surface area contributed by atoms with Gasteiger partial charge in [-0.25, -0.2) is 0 Å². The lowest BCUT2D eigenvalue weighted by atomic mass is 9.68. The Bertz CT molecular complexity index is 248. The second-order valence-electron chi connectivity index (χ2n) is 5.39. The molecule has 1 aliphatic rings. The van der Waals surface area contributed by atoms with E-state index in [9.17, 15) is 4.79 Å². The van der Waals surface area contributed by atoms with E-state index in [1.807, 2.05) is 0 Å². The number of rotatable bonds is 1. The highest BCUT2D eigenvalue weighted by molar-refractivity contribution is 5.73. The van der Waals surface area contributed by atoms with Crippen LogP contribution in [0.2, 0.25) is 0 Å². The molecule has 0 radical (unpaired) electrons. The average Bonchev–Trinajstić information content (AvgIpc) is 2.02. The molecule has 1 rings (SSSR count). The Labute approximate surface area is 86.0 Å². The van der Waals surface area contributed by atoms with E-state index < -0.39 is 5.97 Å². The fraction of sp³-hybridized carbons (Fsp3) is 0.750. The minimum atomic E-state index is -0.705. The van der Waals surface area contributed by atoms with Crippen molar-refractivity contribution in [1.82, 2.24) is 0 Å². The third kappa shape index (κ3) is 2.37. The third-order valence-electron chi connectivity index (χ3n) is 3.35. The van der Waals surface area contributed by atoms with Gasteiger partial charge in [0.25, 0.3) is 0 Å². The maximum atomic E-state index is 11.0. The maximum Gasteiger partial charge on any atom is 0.310 e. The third-order valence-corrected chi connectivity index (χ3v) is 3.35. The van der Waals surface area contributed by atoms with Crippen molar-refractivity contribution in [2.24, 2.45) is 17.3 Å². The van der Waals surface area contributed by atoms with Crippen LogP contribution in [0.3, 0.4) is 0 Å². The first kappa shape index (κ1) is 11.3. The first-order valence-corrected chi connectivity index (χ1v) is 5.23. The van der Waals surface area contributed by atoms with Crippen molar-refractivity contribution in [2.75, 3.05) is 0 Å². The Kier molecular flexibility index (Phi) is 3.03. The lowest BCUT2D eigenvalue weighted by Crippen LogP contribution is -2.31. The van der Waals surface area contributed by atoms with Gasteiger partial charge in [-0.15, -0.1) is 0 Å². The Balaban J connectivity index is 2.72. The smallest absolute Gasteiger partial charge is 0.310 e. The molecule has 0 aromatic carbocycles. The zero-order chi connectivity index (χ0) is 10.9. The van der Waals surface area contributed by atoms with Crippen molar-refractivity contribution in [1.29, 1.82) is 0 Å². The lowest BCUT2D eigenvalue weighted by molar-refractivity contribution is -0.141. The summed E-state index contributed by atoms with van der Waals surface area (Å²) in [6, 6.07) is 0. The number of carboxylic acid groups (broad SMARTS) is 1. The predicted molar refractivity (Wildman–Crippen MR) is 57.1 cm³/mol. The molecule has 0 saturated heterocycles. The van der Waals surface area contributed by atoms with E-state index in [1.54, 1.807) is 0 Å². The second-order valence-corrected chi connectivity index (χ2v) is 5.39. The van der Waals surface area contributed by atoms with E-state index in [-0.39, 0.29) is 11.3 Å². The molecule has 0 spiro atoms. The van der Waals surface area contributed by atoms with Gasteiger partial charge in [-0.2, -0.15) is 0 Å². The highest BCUT2D eigenvalue weighted by atomic mass is 16.4. The van der Waals surface area contributed by atoms with Gasteiger partial charge in [-0.1, -0.05) is 32.9 Å². The molecule has 80 valence electrons. The van der Waals surface area contributed by atoms with Gasteiger partial charge in [0, 0.05) is 0 Å². The summed E-state index contributed by atoms with van der Waals surface area (Å²) in [6.07, 6.45) is 2.72. The highest BCUT2D eigenvalue weighted by Crippen LogP contribution is 2.41. The van der Waals surface area contributed by atoms with Crippen molar-refractivity contribution < 1.29 is 9.90 Å². The Morgan fingerprint density at radius 2 is 2.07 bits per heavy atom. The fourth-order valence-corrected chi connectivity index (χ4v) is 2.16. The number of hydrogen-bond donors (Lipinski definition) is 1. The molecule has 2 heteroatoms. The van der Waals surface area contributed by atoms with E-state index in [1.165, 1.54) is 0 Å². The zero-order valence-corrected chi connectivity index (χ0v) is 9.34. The second kappa shape index (κ2) is 3.76. The van der Waals surface area contributed by atoms with Gasteiger partial charge >= 0.3 is 5.97 Å². The first-order valence-electron chi connectivity index (χ1n) is 5.23. The van der Waals surface area contributed by atoms with Gasteiger partial charge in [0.1, 0.15) is 0 Å². The van der Waals surface area contributed by atoms with E-state index >= 15 is 0 Å². The average molecular weight is 196 g/mol. The predicted octanol–water partition coefficient (Wildman–Crippen LogP) is 3.09. The normalized spacial score (nSPS) is 28.9.